The summed E-state index contributed by atoms with van der Waals surface area (Å²) < 4.78 is 11.7. The Hall–Kier alpha value is -3.48. The second-order valence-electron chi connectivity index (χ2n) is 6.69. The molecular weight excluding hydrogens is 494 g/mol. The summed E-state index contributed by atoms with van der Waals surface area (Å²) in [5.74, 6) is -0.620. The normalized spacial score (nSPS) is 14.5. The van der Waals surface area contributed by atoms with Gasteiger partial charge in [-0.2, -0.15) is 0 Å². The Bertz CT molecular complexity index is 1260. The molecule has 0 aromatic heterocycles. The van der Waals surface area contributed by atoms with Gasteiger partial charge in [0.1, 0.15) is 5.75 Å². The van der Waals surface area contributed by atoms with E-state index < -0.39 is 11.9 Å². The molecular formula is C25H15BrClNO4. The zero-order valence-electron chi connectivity index (χ0n) is 16.5. The number of hydrogen-bond donors (Lipinski definition) is 0. The lowest BCUT2D eigenvalue weighted by Crippen LogP contribution is -2.06. The molecule has 0 unspecified atom stereocenters. The Balaban J connectivity index is 1.53. The number of rotatable bonds is 5. The number of ether oxygens (including phenoxy) is 2. The minimum absolute atomic E-state index is 0.114. The van der Waals surface area contributed by atoms with Gasteiger partial charge >= 0.3 is 11.9 Å². The first-order valence-corrected chi connectivity index (χ1v) is 10.7. The van der Waals surface area contributed by atoms with Gasteiger partial charge in [0.2, 0.25) is 5.90 Å². The van der Waals surface area contributed by atoms with Crippen molar-refractivity contribution < 1.29 is 19.1 Å². The van der Waals surface area contributed by atoms with Crippen LogP contribution in [0.3, 0.4) is 0 Å². The molecule has 0 fully saturated rings. The van der Waals surface area contributed by atoms with Crippen LogP contribution in [0.25, 0.3) is 12.2 Å². The summed E-state index contributed by atoms with van der Waals surface area (Å²) in [6, 6.07) is 21.2. The third-order valence-electron chi connectivity index (χ3n) is 4.42. The highest BCUT2D eigenvalue weighted by molar-refractivity contribution is 9.10. The number of esters is 2. The van der Waals surface area contributed by atoms with Crippen LogP contribution < -0.4 is 4.74 Å². The predicted octanol–water partition coefficient (Wildman–Crippen LogP) is 6.07. The predicted molar refractivity (Wildman–Crippen MR) is 127 cm³/mol. The number of aliphatic imine (C=N–C) groups is 1. The molecule has 1 aliphatic heterocycles. The monoisotopic (exact) mass is 507 g/mol. The van der Waals surface area contributed by atoms with E-state index in [0.29, 0.717) is 21.9 Å². The topological polar surface area (TPSA) is 65.0 Å². The average molecular weight is 509 g/mol. The lowest BCUT2D eigenvalue weighted by atomic mass is 10.1. The molecule has 5 nitrogen and oxygen atoms in total. The quantitative estimate of drug-likeness (QED) is 0.238. The van der Waals surface area contributed by atoms with E-state index in [2.05, 4.69) is 20.9 Å². The van der Waals surface area contributed by atoms with Crippen LogP contribution in [0.4, 0.5) is 0 Å². The van der Waals surface area contributed by atoms with E-state index in [-0.39, 0.29) is 11.6 Å². The van der Waals surface area contributed by atoms with Gasteiger partial charge in [-0.05, 0) is 60.2 Å². The Morgan fingerprint density at radius 3 is 2.47 bits per heavy atom. The summed E-state index contributed by atoms with van der Waals surface area (Å²) in [6.45, 7) is 0. The van der Waals surface area contributed by atoms with Crippen molar-refractivity contribution in [1.29, 1.82) is 0 Å². The van der Waals surface area contributed by atoms with Gasteiger partial charge in [0.05, 0.1) is 0 Å². The molecule has 0 saturated heterocycles. The molecule has 32 heavy (non-hydrogen) atoms. The van der Waals surface area contributed by atoms with Crippen LogP contribution in [0.5, 0.6) is 5.75 Å². The molecule has 0 bridgehead atoms. The largest absolute Gasteiger partial charge is 0.423 e. The molecule has 1 aliphatic rings. The fourth-order valence-corrected chi connectivity index (χ4v) is 3.24. The average Bonchev–Trinajstić information content (AvgIpc) is 3.15. The van der Waals surface area contributed by atoms with Crippen LogP contribution in [0.2, 0.25) is 5.02 Å². The minimum atomic E-state index is -0.577. The zero-order valence-corrected chi connectivity index (χ0v) is 18.8. The van der Waals surface area contributed by atoms with Crippen LogP contribution in [0.15, 0.2) is 94.0 Å². The van der Waals surface area contributed by atoms with Crippen molar-refractivity contribution in [3.63, 3.8) is 0 Å². The maximum absolute atomic E-state index is 12.3. The van der Waals surface area contributed by atoms with Crippen LogP contribution >= 0.6 is 27.5 Å². The molecule has 0 amide bonds. The summed E-state index contributed by atoms with van der Waals surface area (Å²) in [4.78, 5) is 28.9. The first-order valence-electron chi connectivity index (χ1n) is 9.51. The molecule has 3 aromatic rings. The van der Waals surface area contributed by atoms with E-state index in [9.17, 15) is 9.59 Å². The molecule has 0 atom stereocenters. The molecule has 0 spiro atoms. The summed E-state index contributed by atoms with van der Waals surface area (Å²) in [5.41, 5.74) is 2.12. The number of carbonyl (C=O) groups is 2. The SMILES string of the molecule is O=C(/C=C/c1ccc(Cl)cc1)Oc1ccccc1/C=C1\N=C(c2ccc(Br)cc2)OC1=O. The van der Waals surface area contributed by atoms with Gasteiger partial charge < -0.3 is 9.47 Å². The van der Waals surface area contributed by atoms with E-state index in [0.717, 1.165) is 10.0 Å². The molecule has 0 radical (unpaired) electrons. The van der Waals surface area contributed by atoms with E-state index in [1.54, 1.807) is 66.7 Å². The molecule has 0 N–H and O–H groups in total. The van der Waals surface area contributed by atoms with Crippen molar-refractivity contribution in [2.24, 2.45) is 4.99 Å². The summed E-state index contributed by atoms with van der Waals surface area (Å²) in [5, 5.41) is 0.614. The number of benzene rings is 3. The van der Waals surface area contributed by atoms with Gasteiger partial charge in [-0.15, -0.1) is 0 Å². The van der Waals surface area contributed by atoms with Gasteiger partial charge in [-0.25, -0.2) is 14.6 Å². The van der Waals surface area contributed by atoms with Gasteiger partial charge in [-0.1, -0.05) is 57.9 Å². The number of para-hydroxylation sites is 1. The Morgan fingerprint density at radius 1 is 1.00 bits per heavy atom. The Labute approximate surface area is 197 Å². The number of hydrogen-bond acceptors (Lipinski definition) is 5. The molecule has 158 valence electrons. The Morgan fingerprint density at radius 2 is 1.72 bits per heavy atom. The van der Waals surface area contributed by atoms with Crippen LogP contribution in [0, 0.1) is 0 Å². The number of nitrogens with zero attached hydrogens (tertiary/aromatic N) is 1. The van der Waals surface area contributed by atoms with Crippen LogP contribution in [-0.2, 0) is 14.3 Å². The molecule has 3 aromatic carbocycles. The molecule has 0 aliphatic carbocycles. The van der Waals surface area contributed by atoms with E-state index in [4.69, 9.17) is 21.1 Å². The third-order valence-corrected chi connectivity index (χ3v) is 5.20. The standard InChI is InChI=1S/C25H15BrClNO4/c26-19-10-8-17(9-11-19)24-28-21(25(30)32-24)15-18-3-1-2-4-22(18)31-23(29)14-7-16-5-12-20(27)13-6-16/h1-15H/b14-7+,21-15-. The Kier molecular flexibility index (Phi) is 6.63. The van der Waals surface area contributed by atoms with E-state index in [1.165, 1.54) is 12.2 Å². The highest BCUT2D eigenvalue weighted by atomic mass is 79.9. The van der Waals surface area contributed by atoms with Gasteiger partial charge in [0.15, 0.2) is 5.70 Å². The summed E-state index contributed by atoms with van der Waals surface area (Å²) >= 11 is 9.23. The fraction of sp³-hybridized carbons (Fsp3) is 0. The maximum atomic E-state index is 12.3. The minimum Gasteiger partial charge on any atom is -0.423 e. The van der Waals surface area contributed by atoms with Crippen molar-refractivity contribution in [2.75, 3.05) is 0 Å². The lowest BCUT2D eigenvalue weighted by molar-refractivity contribution is -0.130. The number of halogens is 2. The molecule has 0 saturated carbocycles. The van der Waals surface area contributed by atoms with Crippen LogP contribution in [-0.4, -0.2) is 17.8 Å². The highest BCUT2D eigenvalue weighted by Gasteiger charge is 2.24. The van der Waals surface area contributed by atoms with Crippen molar-refractivity contribution in [2.45, 2.75) is 0 Å². The third kappa shape index (κ3) is 5.41. The van der Waals surface area contributed by atoms with Crippen molar-refractivity contribution >= 4 is 57.5 Å². The first-order chi connectivity index (χ1) is 15.5. The smallest absolute Gasteiger partial charge is 0.363 e. The maximum Gasteiger partial charge on any atom is 0.363 e. The van der Waals surface area contributed by atoms with Crippen molar-refractivity contribution in [3.05, 3.63) is 111 Å². The highest BCUT2D eigenvalue weighted by Crippen LogP contribution is 2.25. The second kappa shape index (κ2) is 9.77. The van der Waals surface area contributed by atoms with Gasteiger partial charge in [0.25, 0.3) is 0 Å². The van der Waals surface area contributed by atoms with Gasteiger partial charge in [0, 0.05) is 26.7 Å². The summed E-state index contributed by atoms with van der Waals surface area (Å²) in [6.07, 6.45) is 4.48. The van der Waals surface area contributed by atoms with E-state index >= 15 is 0 Å². The zero-order chi connectivity index (χ0) is 22.5. The second-order valence-corrected chi connectivity index (χ2v) is 8.04. The summed E-state index contributed by atoms with van der Waals surface area (Å²) in [7, 11) is 0. The van der Waals surface area contributed by atoms with Gasteiger partial charge in [-0.3, -0.25) is 0 Å². The molecule has 4 rings (SSSR count). The van der Waals surface area contributed by atoms with Crippen molar-refractivity contribution in [1.82, 2.24) is 0 Å². The number of carbonyl (C=O) groups excluding carboxylic acids is 2. The molecule has 1 heterocycles. The molecule has 7 heteroatoms. The van der Waals surface area contributed by atoms with Crippen LogP contribution in [0.1, 0.15) is 16.7 Å². The lowest BCUT2D eigenvalue weighted by Gasteiger charge is -2.05. The van der Waals surface area contributed by atoms with E-state index in [1.807, 2.05) is 12.1 Å². The number of cyclic esters (lactones) is 1. The first kappa shape index (κ1) is 21.7. The fourth-order valence-electron chi connectivity index (χ4n) is 2.85. The van der Waals surface area contributed by atoms with Crippen molar-refractivity contribution in [3.8, 4) is 5.75 Å².